The molecule has 0 aromatic heterocycles. The van der Waals surface area contributed by atoms with E-state index in [9.17, 15) is 0 Å². The monoisotopic (exact) mass is 276 g/mol. The molecule has 4 nitrogen and oxygen atoms in total. The van der Waals surface area contributed by atoms with E-state index in [4.69, 9.17) is 0 Å². The summed E-state index contributed by atoms with van der Waals surface area (Å²) in [4.78, 5) is 7.10. The number of nitrogens with zero attached hydrogens (tertiary/aromatic N) is 3. The van der Waals surface area contributed by atoms with Crippen LogP contribution in [0, 0.1) is 6.92 Å². The molecule has 1 N–H and O–H groups in total. The van der Waals surface area contributed by atoms with Gasteiger partial charge in [-0.15, -0.1) is 0 Å². The van der Waals surface area contributed by atoms with Crippen molar-refractivity contribution in [2.24, 2.45) is 0 Å². The standard InChI is InChI=1S/C16H28N4/c1-14-5-6-15(13-16(14)18(2)3)17-7-8-20-11-9-19(4)10-12-20/h5-6,13,17H,7-12H2,1-4H3. The zero-order valence-corrected chi connectivity index (χ0v) is 13.3. The fourth-order valence-corrected chi connectivity index (χ4v) is 2.63. The summed E-state index contributed by atoms with van der Waals surface area (Å²) < 4.78 is 0. The largest absolute Gasteiger partial charge is 0.384 e. The molecule has 1 aliphatic rings. The molecule has 1 aromatic carbocycles. The third-order valence-electron chi connectivity index (χ3n) is 4.04. The highest BCUT2D eigenvalue weighted by Gasteiger charge is 2.12. The van der Waals surface area contributed by atoms with Crippen LogP contribution >= 0.6 is 0 Å². The second kappa shape index (κ2) is 6.95. The first-order valence-corrected chi connectivity index (χ1v) is 7.49. The number of rotatable bonds is 5. The first-order valence-electron chi connectivity index (χ1n) is 7.49. The summed E-state index contributed by atoms with van der Waals surface area (Å²) in [6.45, 7) is 9.05. The van der Waals surface area contributed by atoms with Gasteiger partial charge in [0.05, 0.1) is 0 Å². The van der Waals surface area contributed by atoms with Gasteiger partial charge < -0.3 is 15.1 Å². The Morgan fingerprint density at radius 3 is 2.50 bits per heavy atom. The van der Waals surface area contributed by atoms with Crippen LogP contribution < -0.4 is 10.2 Å². The SMILES string of the molecule is Cc1ccc(NCCN2CCN(C)CC2)cc1N(C)C. The predicted molar refractivity (Wildman–Crippen MR) is 87.9 cm³/mol. The average Bonchev–Trinajstić information content (AvgIpc) is 2.42. The molecular formula is C16H28N4. The molecule has 0 spiro atoms. The van der Waals surface area contributed by atoms with Crippen LogP contribution in [0.4, 0.5) is 11.4 Å². The number of anilines is 2. The number of likely N-dealkylation sites (N-methyl/N-ethyl adjacent to an activating group) is 1. The Hall–Kier alpha value is -1.26. The Labute approximate surface area is 123 Å². The second-order valence-corrected chi connectivity index (χ2v) is 5.97. The maximum atomic E-state index is 3.54. The smallest absolute Gasteiger partial charge is 0.0411 e. The molecule has 0 aliphatic carbocycles. The van der Waals surface area contributed by atoms with Crippen molar-refractivity contribution in [3.05, 3.63) is 23.8 Å². The molecule has 4 heteroatoms. The van der Waals surface area contributed by atoms with E-state index in [0.717, 1.165) is 13.1 Å². The molecule has 0 radical (unpaired) electrons. The molecule has 0 bridgehead atoms. The van der Waals surface area contributed by atoms with Crippen LogP contribution in [-0.4, -0.2) is 70.2 Å². The molecule has 1 heterocycles. The average molecular weight is 276 g/mol. The van der Waals surface area contributed by atoms with Crippen molar-refractivity contribution in [2.45, 2.75) is 6.92 Å². The third-order valence-corrected chi connectivity index (χ3v) is 4.04. The number of benzene rings is 1. The van der Waals surface area contributed by atoms with E-state index in [1.165, 1.54) is 43.1 Å². The van der Waals surface area contributed by atoms with E-state index >= 15 is 0 Å². The molecule has 0 amide bonds. The summed E-state index contributed by atoms with van der Waals surface area (Å²) in [5, 5.41) is 3.54. The quantitative estimate of drug-likeness (QED) is 0.884. The van der Waals surface area contributed by atoms with Crippen molar-refractivity contribution < 1.29 is 0 Å². The first-order chi connectivity index (χ1) is 9.56. The minimum Gasteiger partial charge on any atom is -0.384 e. The van der Waals surface area contributed by atoms with Gasteiger partial charge >= 0.3 is 0 Å². The molecular weight excluding hydrogens is 248 g/mol. The highest BCUT2D eigenvalue weighted by Crippen LogP contribution is 2.22. The Morgan fingerprint density at radius 2 is 1.85 bits per heavy atom. The number of piperazine rings is 1. The highest BCUT2D eigenvalue weighted by atomic mass is 15.2. The van der Waals surface area contributed by atoms with Crippen molar-refractivity contribution in [3.8, 4) is 0 Å². The molecule has 0 atom stereocenters. The molecule has 1 aliphatic heterocycles. The lowest BCUT2D eigenvalue weighted by Gasteiger charge is -2.32. The Balaban J connectivity index is 1.81. The fraction of sp³-hybridized carbons (Fsp3) is 0.625. The van der Waals surface area contributed by atoms with Gasteiger partial charge in [-0.3, -0.25) is 4.90 Å². The zero-order valence-electron chi connectivity index (χ0n) is 13.3. The fourth-order valence-electron chi connectivity index (χ4n) is 2.63. The molecule has 112 valence electrons. The molecule has 1 aromatic rings. The first kappa shape index (κ1) is 15.1. The van der Waals surface area contributed by atoms with E-state index in [2.05, 4.69) is 66.3 Å². The lowest BCUT2D eigenvalue weighted by molar-refractivity contribution is 0.158. The van der Waals surface area contributed by atoms with Crippen LogP contribution in [0.15, 0.2) is 18.2 Å². The van der Waals surface area contributed by atoms with E-state index in [1.54, 1.807) is 0 Å². The van der Waals surface area contributed by atoms with E-state index in [1.807, 2.05) is 0 Å². The minimum absolute atomic E-state index is 1.01. The maximum absolute atomic E-state index is 3.54. The van der Waals surface area contributed by atoms with Gasteiger partial charge in [-0.1, -0.05) is 6.07 Å². The Bertz CT molecular complexity index is 422. The number of aryl methyl sites for hydroxylation is 1. The maximum Gasteiger partial charge on any atom is 0.0411 e. The normalized spacial score (nSPS) is 17.2. The Kier molecular flexibility index (Phi) is 5.26. The second-order valence-electron chi connectivity index (χ2n) is 5.97. The highest BCUT2D eigenvalue weighted by molar-refractivity contribution is 5.61. The topological polar surface area (TPSA) is 21.8 Å². The van der Waals surface area contributed by atoms with Crippen molar-refractivity contribution in [3.63, 3.8) is 0 Å². The predicted octanol–water partition coefficient (Wildman–Crippen LogP) is 1.72. The van der Waals surface area contributed by atoms with Crippen molar-refractivity contribution >= 4 is 11.4 Å². The molecule has 1 fully saturated rings. The van der Waals surface area contributed by atoms with Crippen LogP contribution in [0.5, 0.6) is 0 Å². The molecule has 2 rings (SSSR count). The van der Waals surface area contributed by atoms with Gasteiger partial charge in [0.1, 0.15) is 0 Å². The summed E-state index contributed by atoms with van der Waals surface area (Å²) in [6, 6.07) is 6.60. The summed E-state index contributed by atoms with van der Waals surface area (Å²) in [6.07, 6.45) is 0. The van der Waals surface area contributed by atoms with Crippen LogP contribution in [0.2, 0.25) is 0 Å². The van der Waals surface area contributed by atoms with Gasteiger partial charge in [0, 0.05) is 64.7 Å². The lowest BCUT2D eigenvalue weighted by atomic mass is 10.1. The number of hydrogen-bond acceptors (Lipinski definition) is 4. The van der Waals surface area contributed by atoms with Crippen LogP contribution in [0.3, 0.4) is 0 Å². The lowest BCUT2D eigenvalue weighted by Crippen LogP contribution is -2.45. The third kappa shape index (κ3) is 4.12. The van der Waals surface area contributed by atoms with Crippen molar-refractivity contribution in [1.82, 2.24) is 9.80 Å². The number of nitrogens with one attached hydrogen (secondary N) is 1. The summed E-state index contributed by atoms with van der Waals surface area (Å²) >= 11 is 0. The summed E-state index contributed by atoms with van der Waals surface area (Å²) in [5.74, 6) is 0. The molecule has 20 heavy (non-hydrogen) atoms. The van der Waals surface area contributed by atoms with E-state index in [0.29, 0.717) is 0 Å². The summed E-state index contributed by atoms with van der Waals surface area (Å²) in [7, 11) is 6.39. The van der Waals surface area contributed by atoms with Crippen LogP contribution in [0.25, 0.3) is 0 Å². The van der Waals surface area contributed by atoms with Gasteiger partial charge in [0.15, 0.2) is 0 Å². The van der Waals surface area contributed by atoms with Crippen molar-refractivity contribution in [1.29, 1.82) is 0 Å². The van der Waals surface area contributed by atoms with Gasteiger partial charge in [0.2, 0.25) is 0 Å². The zero-order chi connectivity index (χ0) is 14.5. The number of hydrogen-bond donors (Lipinski definition) is 1. The van der Waals surface area contributed by atoms with Gasteiger partial charge in [0.25, 0.3) is 0 Å². The van der Waals surface area contributed by atoms with E-state index < -0.39 is 0 Å². The summed E-state index contributed by atoms with van der Waals surface area (Å²) in [5.41, 5.74) is 3.82. The molecule has 0 unspecified atom stereocenters. The molecule has 0 saturated carbocycles. The minimum atomic E-state index is 1.01. The Morgan fingerprint density at radius 1 is 1.15 bits per heavy atom. The molecule has 1 saturated heterocycles. The van der Waals surface area contributed by atoms with Crippen molar-refractivity contribution in [2.75, 3.05) is 70.6 Å². The van der Waals surface area contributed by atoms with E-state index in [-0.39, 0.29) is 0 Å². The van der Waals surface area contributed by atoms with Gasteiger partial charge in [-0.05, 0) is 31.7 Å². The van der Waals surface area contributed by atoms with Crippen LogP contribution in [0.1, 0.15) is 5.56 Å². The van der Waals surface area contributed by atoms with Gasteiger partial charge in [-0.2, -0.15) is 0 Å². The van der Waals surface area contributed by atoms with Gasteiger partial charge in [-0.25, -0.2) is 0 Å². The van der Waals surface area contributed by atoms with Crippen LogP contribution in [-0.2, 0) is 0 Å².